The number of nitrogens with one attached hydrogen (secondary N) is 1. The second kappa shape index (κ2) is 8.50. The lowest BCUT2D eigenvalue weighted by molar-refractivity contribution is -0.137. The van der Waals surface area contributed by atoms with Crippen molar-refractivity contribution in [3.8, 4) is 17.2 Å². The van der Waals surface area contributed by atoms with E-state index in [1.807, 2.05) is 6.07 Å². The third kappa shape index (κ3) is 4.76. The fourth-order valence-corrected chi connectivity index (χ4v) is 3.80. The van der Waals surface area contributed by atoms with E-state index in [-0.39, 0.29) is 11.4 Å². The van der Waals surface area contributed by atoms with Gasteiger partial charge in [-0.15, -0.1) is 10.2 Å². The highest BCUT2D eigenvalue weighted by atomic mass is 32.2. The van der Waals surface area contributed by atoms with Crippen molar-refractivity contribution in [2.45, 2.75) is 18.3 Å². The maximum absolute atomic E-state index is 12.8. The van der Waals surface area contributed by atoms with Crippen LogP contribution in [0.15, 0.2) is 47.6 Å². The number of benzene rings is 2. The summed E-state index contributed by atoms with van der Waals surface area (Å²) in [6.45, 7) is 2.71. The van der Waals surface area contributed by atoms with Gasteiger partial charge in [0, 0.05) is 11.8 Å². The Hall–Kier alpha value is -3.21. The van der Waals surface area contributed by atoms with E-state index in [0.717, 1.165) is 29.6 Å². The van der Waals surface area contributed by atoms with Crippen molar-refractivity contribution in [3.05, 3.63) is 53.9 Å². The predicted molar refractivity (Wildman–Crippen MR) is 108 cm³/mol. The number of fused-ring (bicyclic) bond motifs is 1. The molecule has 2 aromatic carbocycles. The first-order chi connectivity index (χ1) is 14.8. The Morgan fingerprint density at radius 1 is 1.13 bits per heavy atom. The van der Waals surface area contributed by atoms with Gasteiger partial charge in [0.15, 0.2) is 16.7 Å². The van der Waals surface area contributed by atoms with Crippen LogP contribution in [0, 0.1) is 6.92 Å². The third-order valence-corrected chi connectivity index (χ3v) is 5.31. The van der Waals surface area contributed by atoms with Crippen LogP contribution in [0.1, 0.15) is 11.4 Å². The molecule has 4 rings (SSSR count). The molecular formula is C20H17F3N4O3S. The molecule has 0 spiro atoms. The van der Waals surface area contributed by atoms with Crippen molar-refractivity contribution in [1.29, 1.82) is 0 Å². The molecule has 31 heavy (non-hydrogen) atoms. The molecule has 2 heterocycles. The largest absolute Gasteiger partial charge is 0.486 e. The fraction of sp³-hybridized carbons (Fsp3) is 0.250. The number of carbonyl (C=O) groups excluding carboxylic acids is 1. The number of anilines is 1. The van der Waals surface area contributed by atoms with Gasteiger partial charge in [-0.25, -0.2) is 0 Å². The van der Waals surface area contributed by atoms with Crippen LogP contribution in [0.2, 0.25) is 0 Å². The summed E-state index contributed by atoms with van der Waals surface area (Å²) in [4.78, 5) is 12.3. The zero-order valence-corrected chi connectivity index (χ0v) is 17.1. The van der Waals surface area contributed by atoms with Gasteiger partial charge < -0.3 is 14.8 Å². The van der Waals surface area contributed by atoms with Gasteiger partial charge in [-0.2, -0.15) is 13.2 Å². The number of amides is 1. The SMILES string of the molecule is Cc1nnc(SCC(=O)Nc2cccc(C(F)(F)F)c2)n1-c1ccc2c(c1)OCCO2. The van der Waals surface area contributed by atoms with E-state index in [0.29, 0.717) is 35.7 Å². The molecule has 7 nitrogen and oxygen atoms in total. The molecule has 162 valence electrons. The van der Waals surface area contributed by atoms with E-state index in [2.05, 4.69) is 15.5 Å². The minimum atomic E-state index is -4.48. The van der Waals surface area contributed by atoms with Crippen LogP contribution >= 0.6 is 11.8 Å². The van der Waals surface area contributed by atoms with Crippen molar-refractivity contribution in [1.82, 2.24) is 14.8 Å². The molecular weight excluding hydrogens is 433 g/mol. The summed E-state index contributed by atoms with van der Waals surface area (Å²) in [6.07, 6.45) is -4.48. The Kier molecular flexibility index (Phi) is 5.77. The highest BCUT2D eigenvalue weighted by Gasteiger charge is 2.30. The molecule has 3 aromatic rings. The van der Waals surface area contributed by atoms with Crippen molar-refractivity contribution in [2.75, 3.05) is 24.3 Å². The lowest BCUT2D eigenvalue weighted by atomic mass is 10.2. The van der Waals surface area contributed by atoms with E-state index in [1.54, 1.807) is 23.6 Å². The van der Waals surface area contributed by atoms with Crippen LogP contribution in [0.4, 0.5) is 18.9 Å². The highest BCUT2D eigenvalue weighted by Crippen LogP contribution is 2.34. The lowest BCUT2D eigenvalue weighted by Crippen LogP contribution is -2.16. The van der Waals surface area contributed by atoms with Gasteiger partial charge in [-0.05, 0) is 37.3 Å². The Bertz CT molecular complexity index is 1120. The monoisotopic (exact) mass is 450 g/mol. The van der Waals surface area contributed by atoms with Crippen molar-refractivity contribution < 1.29 is 27.4 Å². The molecule has 1 N–H and O–H groups in total. The van der Waals surface area contributed by atoms with Crippen LogP contribution in [0.3, 0.4) is 0 Å². The number of nitrogens with zero attached hydrogens (tertiary/aromatic N) is 3. The molecule has 11 heteroatoms. The summed E-state index contributed by atoms with van der Waals surface area (Å²) in [6, 6.07) is 9.91. The molecule has 1 amide bonds. The number of hydrogen-bond donors (Lipinski definition) is 1. The van der Waals surface area contributed by atoms with E-state index >= 15 is 0 Å². The minimum absolute atomic E-state index is 0.0566. The average Bonchev–Trinajstić information content (AvgIpc) is 3.12. The number of alkyl halides is 3. The summed E-state index contributed by atoms with van der Waals surface area (Å²) in [5.74, 6) is 1.35. The summed E-state index contributed by atoms with van der Waals surface area (Å²) < 4.78 is 51.4. The van der Waals surface area contributed by atoms with Gasteiger partial charge in [0.2, 0.25) is 5.91 Å². The topological polar surface area (TPSA) is 78.3 Å². The molecule has 0 atom stereocenters. The molecule has 0 fully saturated rings. The van der Waals surface area contributed by atoms with E-state index in [4.69, 9.17) is 9.47 Å². The zero-order chi connectivity index (χ0) is 22.0. The first kappa shape index (κ1) is 21.0. The summed E-state index contributed by atoms with van der Waals surface area (Å²) in [5.41, 5.74) is -0.00984. The van der Waals surface area contributed by atoms with Crippen LogP contribution in [0.25, 0.3) is 5.69 Å². The molecule has 1 aliphatic rings. The first-order valence-corrected chi connectivity index (χ1v) is 10.2. The molecule has 0 saturated carbocycles. The number of aromatic nitrogens is 3. The molecule has 1 aliphatic heterocycles. The second-order valence-electron chi connectivity index (χ2n) is 6.61. The molecule has 0 unspecified atom stereocenters. The van der Waals surface area contributed by atoms with Gasteiger partial charge in [0.1, 0.15) is 19.0 Å². The summed E-state index contributed by atoms with van der Waals surface area (Å²) in [7, 11) is 0. The van der Waals surface area contributed by atoms with Crippen LogP contribution in [-0.4, -0.2) is 39.6 Å². The van der Waals surface area contributed by atoms with Gasteiger partial charge in [0.05, 0.1) is 17.0 Å². The fourth-order valence-electron chi connectivity index (χ4n) is 3.01. The van der Waals surface area contributed by atoms with Gasteiger partial charge in [-0.3, -0.25) is 9.36 Å². The molecule has 0 aliphatic carbocycles. The van der Waals surface area contributed by atoms with Crippen LogP contribution in [0.5, 0.6) is 11.5 Å². The zero-order valence-electron chi connectivity index (χ0n) is 16.3. The average molecular weight is 450 g/mol. The van der Waals surface area contributed by atoms with Crippen molar-refractivity contribution in [3.63, 3.8) is 0 Å². The smallest absolute Gasteiger partial charge is 0.416 e. The standard InChI is InChI=1S/C20H17F3N4O3S/c1-12-25-26-19(27(12)15-5-6-16-17(10-15)30-8-7-29-16)31-11-18(28)24-14-4-2-3-13(9-14)20(21,22)23/h2-6,9-10H,7-8,11H2,1H3,(H,24,28). The third-order valence-electron chi connectivity index (χ3n) is 4.39. The minimum Gasteiger partial charge on any atom is -0.486 e. The maximum atomic E-state index is 12.8. The van der Waals surface area contributed by atoms with Crippen molar-refractivity contribution in [2.24, 2.45) is 0 Å². The number of ether oxygens (including phenoxy) is 2. The number of halogens is 3. The van der Waals surface area contributed by atoms with Crippen LogP contribution < -0.4 is 14.8 Å². The molecule has 0 bridgehead atoms. The Labute approximate surface area is 179 Å². The van der Waals surface area contributed by atoms with Gasteiger partial charge in [0.25, 0.3) is 0 Å². The number of carbonyl (C=O) groups is 1. The Morgan fingerprint density at radius 2 is 1.90 bits per heavy atom. The number of aryl methyl sites for hydroxylation is 1. The number of rotatable bonds is 5. The molecule has 1 aromatic heterocycles. The first-order valence-electron chi connectivity index (χ1n) is 9.23. The Balaban J connectivity index is 1.46. The maximum Gasteiger partial charge on any atom is 0.416 e. The Morgan fingerprint density at radius 3 is 2.68 bits per heavy atom. The molecule has 0 radical (unpaired) electrons. The van der Waals surface area contributed by atoms with E-state index < -0.39 is 17.6 Å². The summed E-state index contributed by atoms with van der Waals surface area (Å²) in [5, 5.41) is 11.1. The second-order valence-corrected chi connectivity index (χ2v) is 7.55. The quantitative estimate of drug-likeness (QED) is 0.590. The lowest BCUT2D eigenvalue weighted by Gasteiger charge is -2.19. The highest BCUT2D eigenvalue weighted by molar-refractivity contribution is 7.99. The van der Waals surface area contributed by atoms with Gasteiger partial charge in [-0.1, -0.05) is 17.8 Å². The summed E-state index contributed by atoms with van der Waals surface area (Å²) >= 11 is 1.12. The van der Waals surface area contributed by atoms with E-state index in [1.165, 1.54) is 12.1 Å². The van der Waals surface area contributed by atoms with E-state index in [9.17, 15) is 18.0 Å². The number of hydrogen-bond acceptors (Lipinski definition) is 6. The van der Waals surface area contributed by atoms with Crippen LogP contribution in [-0.2, 0) is 11.0 Å². The van der Waals surface area contributed by atoms with Crippen molar-refractivity contribution >= 4 is 23.4 Å². The van der Waals surface area contributed by atoms with Gasteiger partial charge >= 0.3 is 6.18 Å². The normalized spacial score (nSPS) is 13.2. The molecule has 0 saturated heterocycles. The number of thioether (sulfide) groups is 1. The predicted octanol–water partition coefficient (Wildman–Crippen LogP) is 4.10.